The lowest BCUT2D eigenvalue weighted by Crippen LogP contribution is -2.53. The number of para-hydroxylation sites is 1. The number of hydrogen-bond acceptors (Lipinski definition) is 5. The van der Waals surface area contributed by atoms with Crippen LogP contribution < -0.4 is 9.97 Å². The monoisotopic (exact) mass is 397 g/mol. The van der Waals surface area contributed by atoms with E-state index in [1.165, 1.54) is 0 Å². The number of hydrogen-bond donors (Lipinski definition) is 2. The number of alkyl halides is 2. The van der Waals surface area contributed by atoms with Gasteiger partial charge in [-0.25, -0.2) is 13.6 Å². The van der Waals surface area contributed by atoms with Gasteiger partial charge in [-0.1, -0.05) is 26.0 Å². The normalized spacial score (nSPS) is 16.4. The van der Waals surface area contributed by atoms with Crippen molar-refractivity contribution < 1.29 is 32.8 Å². The molecule has 0 unspecified atom stereocenters. The van der Waals surface area contributed by atoms with Crippen LogP contribution in [-0.2, 0) is 16.0 Å². The van der Waals surface area contributed by atoms with Crippen molar-refractivity contribution in [3.8, 4) is 5.75 Å². The number of ether oxygens (including phenoxy) is 1. The van der Waals surface area contributed by atoms with E-state index in [2.05, 4.69) is 5.32 Å². The molecule has 0 radical (unpaired) electrons. The molecule has 0 aliphatic carbocycles. The molecule has 0 aromatic heterocycles. The minimum absolute atomic E-state index is 0.204. The lowest BCUT2D eigenvalue weighted by Gasteiger charge is -2.29. The maximum Gasteiger partial charge on any atom is 0.547 e. The highest BCUT2D eigenvalue weighted by atomic mass is 19.3. The molecule has 0 saturated heterocycles. The average Bonchev–Trinajstić information content (AvgIpc) is 2.59. The molecule has 0 spiro atoms. The predicted octanol–water partition coefficient (Wildman–Crippen LogP) is 2.76. The fourth-order valence-corrected chi connectivity index (χ4v) is 2.79. The van der Waals surface area contributed by atoms with Gasteiger partial charge in [-0.05, 0) is 37.3 Å². The Bertz CT molecular complexity index is 708. The molecule has 1 amide bonds. The van der Waals surface area contributed by atoms with Crippen LogP contribution in [0, 0.1) is 5.92 Å². The van der Waals surface area contributed by atoms with Crippen LogP contribution in [0.25, 0.3) is 0 Å². The highest BCUT2D eigenvalue weighted by Gasteiger charge is 2.38. The largest absolute Gasteiger partial charge is 0.547 e. The molecular formula is C19H26BF2NO5. The van der Waals surface area contributed by atoms with Crippen LogP contribution in [0.5, 0.6) is 5.75 Å². The van der Waals surface area contributed by atoms with Crippen molar-refractivity contribution in [3.63, 3.8) is 0 Å². The van der Waals surface area contributed by atoms with Gasteiger partial charge in [0.05, 0.1) is 12.5 Å². The summed E-state index contributed by atoms with van der Waals surface area (Å²) in [5.74, 6) is -4.25. The second-order valence-electron chi connectivity index (χ2n) is 7.57. The zero-order valence-electron chi connectivity index (χ0n) is 16.3. The molecule has 0 bridgehead atoms. The standard InChI is InChI=1S/C19H26BF2NO5/c1-12(2)8-10-27-18(25)14-6-4-5-13-11-15(20(26)28-17(13)14)23-16(24)7-9-19(3,21)22/h4-6,12,15,26H,7-11H2,1-3H3,(H,23,24)/t15-/m0/s1. The van der Waals surface area contributed by atoms with Crippen LogP contribution in [0.3, 0.4) is 0 Å². The number of nitrogens with one attached hydrogen (secondary N) is 1. The smallest absolute Gasteiger partial charge is 0.534 e. The van der Waals surface area contributed by atoms with E-state index >= 15 is 0 Å². The molecule has 0 fully saturated rings. The first-order valence-electron chi connectivity index (χ1n) is 9.37. The number of halogens is 2. The van der Waals surface area contributed by atoms with Gasteiger partial charge < -0.3 is 19.7 Å². The Morgan fingerprint density at radius 1 is 1.43 bits per heavy atom. The fourth-order valence-electron chi connectivity index (χ4n) is 2.79. The lowest BCUT2D eigenvalue weighted by molar-refractivity contribution is -0.123. The van der Waals surface area contributed by atoms with Gasteiger partial charge in [0.25, 0.3) is 0 Å². The summed E-state index contributed by atoms with van der Waals surface area (Å²) in [7, 11) is -1.40. The van der Waals surface area contributed by atoms with E-state index in [-0.39, 0.29) is 30.8 Å². The summed E-state index contributed by atoms with van der Waals surface area (Å²) >= 11 is 0. The SMILES string of the molecule is CC(C)CCOC(=O)c1cccc2c1OB(O)[C@@H](NC(=O)CCC(C)(F)F)C2. The Hall–Kier alpha value is -2.16. The van der Waals surface area contributed by atoms with E-state index in [1.54, 1.807) is 18.2 Å². The van der Waals surface area contributed by atoms with Crippen molar-refractivity contribution in [1.29, 1.82) is 0 Å². The van der Waals surface area contributed by atoms with E-state index in [0.717, 1.165) is 13.3 Å². The third-order valence-corrected chi connectivity index (χ3v) is 4.40. The fraction of sp³-hybridized carbons (Fsp3) is 0.579. The number of fused-ring (bicyclic) bond motifs is 1. The van der Waals surface area contributed by atoms with Gasteiger partial charge in [0.15, 0.2) is 0 Å². The van der Waals surface area contributed by atoms with Crippen LogP contribution in [0.2, 0.25) is 0 Å². The Balaban J connectivity index is 2.02. The highest BCUT2D eigenvalue weighted by Crippen LogP contribution is 2.31. The van der Waals surface area contributed by atoms with Gasteiger partial charge in [0.2, 0.25) is 11.8 Å². The van der Waals surface area contributed by atoms with Crippen LogP contribution in [-0.4, -0.2) is 42.5 Å². The van der Waals surface area contributed by atoms with Crippen LogP contribution >= 0.6 is 0 Å². The molecule has 1 aromatic carbocycles. The maximum absolute atomic E-state index is 12.9. The molecule has 1 aliphatic rings. The number of benzene rings is 1. The minimum Gasteiger partial charge on any atom is -0.534 e. The second kappa shape index (κ2) is 9.36. The summed E-state index contributed by atoms with van der Waals surface area (Å²) in [6, 6.07) is 4.92. The van der Waals surface area contributed by atoms with Gasteiger partial charge >= 0.3 is 13.1 Å². The van der Waals surface area contributed by atoms with Gasteiger partial charge in [-0.3, -0.25) is 4.79 Å². The molecule has 154 valence electrons. The van der Waals surface area contributed by atoms with Crippen LogP contribution in [0.1, 0.15) is 56.0 Å². The second-order valence-corrected chi connectivity index (χ2v) is 7.57. The summed E-state index contributed by atoms with van der Waals surface area (Å²) < 4.78 is 36.5. The minimum atomic E-state index is -2.93. The summed E-state index contributed by atoms with van der Waals surface area (Å²) in [6.07, 6.45) is 0.000280. The lowest BCUT2D eigenvalue weighted by atomic mass is 9.72. The van der Waals surface area contributed by atoms with Crippen LogP contribution in [0.15, 0.2) is 18.2 Å². The third-order valence-electron chi connectivity index (χ3n) is 4.40. The molecular weight excluding hydrogens is 371 g/mol. The Morgan fingerprint density at radius 2 is 2.14 bits per heavy atom. The number of rotatable bonds is 8. The van der Waals surface area contributed by atoms with E-state index < -0.39 is 37.3 Å². The number of carbonyl (C=O) groups excluding carboxylic acids is 2. The molecule has 1 aromatic rings. The first-order chi connectivity index (χ1) is 13.1. The molecule has 2 N–H and O–H groups in total. The van der Waals surface area contributed by atoms with Gasteiger partial charge in [0, 0.05) is 12.8 Å². The quantitative estimate of drug-likeness (QED) is 0.521. The number of carbonyl (C=O) groups is 2. The third kappa shape index (κ3) is 6.47. The Kier molecular flexibility index (Phi) is 7.40. The molecule has 1 heterocycles. The molecule has 9 heteroatoms. The summed E-state index contributed by atoms with van der Waals surface area (Å²) in [5.41, 5.74) is 0.824. The van der Waals surface area contributed by atoms with Gasteiger partial charge in [-0.2, -0.15) is 0 Å². The average molecular weight is 397 g/mol. The van der Waals surface area contributed by atoms with Crippen molar-refractivity contribution in [1.82, 2.24) is 5.32 Å². The molecule has 0 saturated carbocycles. The van der Waals surface area contributed by atoms with Crippen molar-refractivity contribution in [2.24, 2.45) is 5.92 Å². The van der Waals surface area contributed by atoms with Crippen molar-refractivity contribution >= 4 is 19.0 Å². The van der Waals surface area contributed by atoms with Gasteiger partial charge in [0.1, 0.15) is 11.3 Å². The van der Waals surface area contributed by atoms with Crippen molar-refractivity contribution in [3.05, 3.63) is 29.3 Å². The van der Waals surface area contributed by atoms with E-state index in [9.17, 15) is 23.4 Å². The van der Waals surface area contributed by atoms with Gasteiger partial charge in [-0.15, -0.1) is 0 Å². The number of amides is 1. The van der Waals surface area contributed by atoms with Crippen LogP contribution in [0.4, 0.5) is 8.78 Å². The molecule has 6 nitrogen and oxygen atoms in total. The van der Waals surface area contributed by atoms with E-state index in [0.29, 0.717) is 11.5 Å². The molecule has 1 aliphatic heterocycles. The predicted molar refractivity (Wildman–Crippen MR) is 100 cm³/mol. The zero-order chi connectivity index (χ0) is 20.9. The maximum atomic E-state index is 12.9. The Labute approximate surface area is 163 Å². The summed E-state index contributed by atoms with van der Waals surface area (Å²) in [6.45, 7) is 5.07. The van der Waals surface area contributed by atoms with E-state index in [1.807, 2.05) is 13.8 Å². The Morgan fingerprint density at radius 3 is 2.79 bits per heavy atom. The summed E-state index contributed by atoms with van der Waals surface area (Å²) in [4.78, 5) is 24.2. The molecule has 1 atom stereocenters. The topological polar surface area (TPSA) is 84.9 Å². The van der Waals surface area contributed by atoms with Crippen molar-refractivity contribution in [2.75, 3.05) is 6.61 Å². The summed E-state index contributed by atoms with van der Waals surface area (Å²) in [5, 5.41) is 12.7. The molecule has 2 rings (SSSR count). The molecule has 28 heavy (non-hydrogen) atoms. The first kappa shape index (κ1) is 22.1. The zero-order valence-corrected chi connectivity index (χ0v) is 16.3. The van der Waals surface area contributed by atoms with E-state index in [4.69, 9.17) is 9.39 Å². The van der Waals surface area contributed by atoms with Crippen molar-refractivity contribution in [2.45, 2.75) is 58.3 Å². The highest BCUT2D eigenvalue weighted by molar-refractivity contribution is 6.47. The number of esters is 1. The first-order valence-corrected chi connectivity index (χ1v) is 9.37.